The van der Waals surface area contributed by atoms with Crippen LogP contribution in [0.5, 0.6) is 0 Å². The molecule has 0 spiro atoms. The Balaban J connectivity index is 1.21. The Hall–Kier alpha value is -8.20. The van der Waals surface area contributed by atoms with Gasteiger partial charge in [0.1, 0.15) is 0 Å². The number of rotatable bonds is 7. The third kappa shape index (κ3) is 6.25. The lowest BCUT2D eigenvalue weighted by Crippen LogP contribution is -2.13. The number of aryl methyl sites for hydroxylation is 4. The van der Waals surface area contributed by atoms with Crippen LogP contribution in [0.3, 0.4) is 0 Å². The predicted molar refractivity (Wildman–Crippen MR) is 285 cm³/mol. The van der Waals surface area contributed by atoms with Gasteiger partial charge in [0, 0.05) is 43.7 Å². The van der Waals surface area contributed by atoms with Crippen LogP contribution in [0, 0.1) is 27.7 Å². The standard InChI is InChI=1S/C64H48N2/c1-41-29-35-45(36-30-41)65(59-39-33-43(3)47-17-5-7-19-49(47)59)63-55-25-13-9-21-51(55)61(52-22-10-14-26-56(52)63)62-53-23-11-15-27-57(53)64(58-28-16-12-24-54(58)62)66(46-37-31-42(2)32-38-46)60-40-34-44(4)48-18-6-8-20-50(48)60/h5-40H,1-4H3. The van der Waals surface area contributed by atoms with Gasteiger partial charge in [-0.2, -0.15) is 0 Å². The molecule has 0 unspecified atom stereocenters. The highest BCUT2D eigenvalue weighted by Gasteiger charge is 2.28. The molecule has 0 bridgehead atoms. The van der Waals surface area contributed by atoms with E-state index in [1.807, 2.05) is 0 Å². The molecule has 0 heterocycles. The van der Waals surface area contributed by atoms with Crippen molar-refractivity contribution in [3.05, 3.63) is 241 Å². The first-order valence-corrected chi connectivity index (χ1v) is 23.0. The van der Waals surface area contributed by atoms with Crippen molar-refractivity contribution in [3.8, 4) is 11.1 Å². The Kier molecular flexibility index (Phi) is 9.43. The van der Waals surface area contributed by atoms with E-state index in [0.717, 1.165) is 22.7 Å². The van der Waals surface area contributed by atoms with Crippen molar-refractivity contribution in [2.75, 3.05) is 9.80 Å². The fourth-order valence-corrected chi connectivity index (χ4v) is 10.7. The lowest BCUT2D eigenvalue weighted by Gasteiger charge is -2.32. The van der Waals surface area contributed by atoms with Crippen LogP contribution in [0.15, 0.2) is 218 Å². The second-order valence-corrected chi connectivity index (χ2v) is 17.9. The van der Waals surface area contributed by atoms with Gasteiger partial charge in [-0.1, -0.05) is 193 Å². The molecule has 0 fully saturated rings. The van der Waals surface area contributed by atoms with Crippen LogP contribution >= 0.6 is 0 Å². The van der Waals surface area contributed by atoms with Crippen LogP contribution < -0.4 is 9.80 Å². The SMILES string of the molecule is Cc1ccc(N(c2ccc(C)c3ccccc23)c2c3ccccc3c(-c3c4ccccc4c(N(c4ccc(C)cc4)c4ccc(C)c5ccccc45)c4ccccc34)c3ccccc23)cc1. The van der Waals surface area contributed by atoms with Crippen LogP contribution in [0.1, 0.15) is 22.3 Å². The van der Waals surface area contributed by atoms with Crippen molar-refractivity contribution >= 4 is 98.8 Å². The zero-order valence-corrected chi connectivity index (χ0v) is 37.7. The average molecular weight is 845 g/mol. The van der Waals surface area contributed by atoms with Gasteiger partial charge >= 0.3 is 0 Å². The third-order valence-corrected chi connectivity index (χ3v) is 13.8. The molecule has 0 aliphatic rings. The molecule has 12 rings (SSSR count). The van der Waals surface area contributed by atoms with Crippen molar-refractivity contribution in [2.24, 2.45) is 0 Å². The molecule has 2 nitrogen and oxygen atoms in total. The van der Waals surface area contributed by atoms with Crippen LogP contribution in [0.25, 0.3) is 75.8 Å². The summed E-state index contributed by atoms with van der Waals surface area (Å²) in [5.41, 5.74) is 14.4. The summed E-state index contributed by atoms with van der Waals surface area (Å²) < 4.78 is 0. The van der Waals surface area contributed by atoms with Crippen molar-refractivity contribution in [1.82, 2.24) is 0 Å². The Morgan fingerprint density at radius 1 is 0.227 bits per heavy atom. The normalized spacial score (nSPS) is 11.6. The molecule has 66 heavy (non-hydrogen) atoms. The fourth-order valence-electron chi connectivity index (χ4n) is 10.7. The molecular formula is C64H48N2. The van der Waals surface area contributed by atoms with Gasteiger partial charge in [-0.05, 0) is 119 Å². The summed E-state index contributed by atoms with van der Waals surface area (Å²) in [5, 5.41) is 14.6. The van der Waals surface area contributed by atoms with E-state index in [9.17, 15) is 0 Å². The van der Waals surface area contributed by atoms with Crippen molar-refractivity contribution in [1.29, 1.82) is 0 Å². The Morgan fingerprint density at radius 3 is 0.788 bits per heavy atom. The van der Waals surface area contributed by atoms with E-state index >= 15 is 0 Å². The summed E-state index contributed by atoms with van der Waals surface area (Å²) in [4.78, 5) is 5.03. The average Bonchev–Trinajstić information content (AvgIpc) is 3.36. The number of nitrogens with zero attached hydrogens (tertiary/aromatic N) is 2. The van der Waals surface area contributed by atoms with Crippen molar-refractivity contribution in [3.63, 3.8) is 0 Å². The number of hydrogen-bond acceptors (Lipinski definition) is 2. The maximum absolute atomic E-state index is 2.51. The highest BCUT2D eigenvalue weighted by molar-refractivity contribution is 6.31. The monoisotopic (exact) mass is 844 g/mol. The second kappa shape index (κ2) is 15.8. The predicted octanol–water partition coefficient (Wildman–Crippen LogP) is 18.4. The second-order valence-electron chi connectivity index (χ2n) is 17.9. The number of anilines is 6. The summed E-state index contributed by atoms with van der Waals surface area (Å²) in [5.74, 6) is 0. The molecule has 0 radical (unpaired) electrons. The summed E-state index contributed by atoms with van der Waals surface area (Å²) in [6.45, 7) is 8.76. The Bertz CT molecular complexity index is 3490. The number of benzene rings is 12. The number of fused-ring (bicyclic) bond motifs is 6. The first-order valence-electron chi connectivity index (χ1n) is 23.0. The van der Waals surface area contributed by atoms with Crippen molar-refractivity contribution in [2.45, 2.75) is 27.7 Å². The third-order valence-electron chi connectivity index (χ3n) is 13.8. The minimum atomic E-state index is 1.12. The van der Waals surface area contributed by atoms with E-state index in [1.54, 1.807) is 0 Å². The summed E-state index contributed by atoms with van der Waals surface area (Å²) in [7, 11) is 0. The lowest BCUT2D eigenvalue weighted by atomic mass is 9.84. The van der Waals surface area contributed by atoms with Gasteiger partial charge in [0.25, 0.3) is 0 Å². The molecule has 12 aromatic rings. The first-order chi connectivity index (χ1) is 32.4. The van der Waals surface area contributed by atoms with Crippen LogP contribution in [0.4, 0.5) is 34.1 Å². The van der Waals surface area contributed by atoms with Crippen molar-refractivity contribution < 1.29 is 0 Å². The largest absolute Gasteiger partial charge is 0.309 e. The summed E-state index contributed by atoms with van der Waals surface area (Å²) in [6.07, 6.45) is 0. The fraction of sp³-hybridized carbons (Fsp3) is 0.0625. The van der Waals surface area contributed by atoms with E-state index in [-0.39, 0.29) is 0 Å². The Labute approximate surface area is 386 Å². The zero-order chi connectivity index (χ0) is 44.5. The highest BCUT2D eigenvalue weighted by atomic mass is 15.2. The Morgan fingerprint density at radius 2 is 0.485 bits per heavy atom. The molecular weight excluding hydrogens is 797 g/mol. The van der Waals surface area contributed by atoms with Gasteiger partial charge in [0.15, 0.2) is 0 Å². The van der Waals surface area contributed by atoms with Gasteiger partial charge in [-0.15, -0.1) is 0 Å². The minimum Gasteiger partial charge on any atom is -0.309 e. The molecule has 0 saturated heterocycles. The molecule has 314 valence electrons. The molecule has 0 aliphatic heterocycles. The number of hydrogen-bond donors (Lipinski definition) is 0. The van der Waals surface area contributed by atoms with E-state index in [2.05, 4.69) is 256 Å². The molecule has 12 aromatic carbocycles. The van der Waals surface area contributed by atoms with E-state index in [1.165, 1.54) is 109 Å². The maximum Gasteiger partial charge on any atom is 0.0619 e. The van der Waals surface area contributed by atoms with Crippen LogP contribution in [-0.4, -0.2) is 0 Å². The lowest BCUT2D eigenvalue weighted by molar-refractivity contribution is 1.31. The molecule has 0 amide bonds. The van der Waals surface area contributed by atoms with Gasteiger partial charge < -0.3 is 9.80 Å². The summed E-state index contributed by atoms with van der Waals surface area (Å²) >= 11 is 0. The maximum atomic E-state index is 2.51. The van der Waals surface area contributed by atoms with E-state index in [0.29, 0.717) is 0 Å². The molecule has 0 aliphatic carbocycles. The van der Waals surface area contributed by atoms with Crippen LogP contribution in [0.2, 0.25) is 0 Å². The van der Waals surface area contributed by atoms with Gasteiger partial charge in [-0.3, -0.25) is 0 Å². The van der Waals surface area contributed by atoms with E-state index in [4.69, 9.17) is 0 Å². The quantitative estimate of drug-likeness (QED) is 0.148. The summed E-state index contributed by atoms with van der Waals surface area (Å²) in [6, 6.07) is 81.2. The van der Waals surface area contributed by atoms with Gasteiger partial charge in [0.05, 0.1) is 22.7 Å². The smallest absolute Gasteiger partial charge is 0.0619 e. The minimum absolute atomic E-state index is 1.12. The van der Waals surface area contributed by atoms with E-state index < -0.39 is 0 Å². The van der Waals surface area contributed by atoms with Crippen LogP contribution in [-0.2, 0) is 0 Å². The zero-order valence-electron chi connectivity index (χ0n) is 37.7. The van der Waals surface area contributed by atoms with Gasteiger partial charge in [0.2, 0.25) is 0 Å². The molecule has 0 saturated carbocycles. The van der Waals surface area contributed by atoms with Gasteiger partial charge in [-0.25, -0.2) is 0 Å². The highest BCUT2D eigenvalue weighted by Crippen LogP contribution is 2.54. The molecule has 0 N–H and O–H groups in total. The topological polar surface area (TPSA) is 6.48 Å². The first kappa shape index (κ1) is 39.4. The molecule has 0 aromatic heterocycles. The molecule has 0 atom stereocenters. The molecule has 2 heteroatoms.